The molecule has 2 saturated heterocycles. The van der Waals surface area contributed by atoms with Crippen molar-refractivity contribution in [3.63, 3.8) is 0 Å². The number of imide groups is 2. The van der Waals surface area contributed by atoms with Crippen LogP contribution in [0.3, 0.4) is 0 Å². The lowest BCUT2D eigenvalue weighted by Crippen LogP contribution is -2.33. The van der Waals surface area contributed by atoms with Gasteiger partial charge in [0.15, 0.2) is 0 Å². The Hall–Kier alpha value is -1.72. The minimum atomic E-state index is -0.138. The molecule has 2 aliphatic heterocycles. The van der Waals surface area contributed by atoms with Crippen LogP contribution in [-0.4, -0.2) is 23.6 Å². The summed E-state index contributed by atoms with van der Waals surface area (Å²) in [6.45, 7) is 0. The Morgan fingerprint density at radius 2 is 0.812 bits per heavy atom. The van der Waals surface area contributed by atoms with Crippen LogP contribution in [0.25, 0.3) is 0 Å². The second-order valence-electron chi connectivity index (χ2n) is 3.65. The van der Waals surface area contributed by atoms with Crippen molar-refractivity contribution in [1.29, 1.82) is 0 Å². The Morgan fingerprint density at radius 1 is 0.562 bits per heavy atom. The van der Waals surface area contributed by atoms with Gasteiger partial charge in [-0.2, -0.15) is 0 Å². The van der Waals surface area contributed by atoms with Crippen molar-refractivity contribution in [2.45, 2.75) is 38.5 Å². The lowest BCUT2D eigenvalue weighted by Gasteiger charge is -2.07. The van der Waals surface area contributed by atoms with Crippen LogP contribution in [0.4, 0.5) is 0 Å². The Balaban J connectivity index is 0.000000160. The maximum Gasteiger partial charge on any atom is 0.226 e. The zero-order valence-electron chi connectivity index (χ0n) is 8.88. The normalized spacial score (nSPS) is 20.5. The van der Waals surface area contributed by atoms with Crippen LogP contribution in [0.15, 0.2) is 0 Å². The molecule has 2 aliphatic rings. The molecular formula is C10H14N2O4. The first-order valence-electron chi connectivity index (χ1n) is 5.23. The molecule has 0 atom stereocenters. The molecular weight excluding hydrogens is 212 g/mol. The third kappa shape index (κ3) is 4.68. The molecule has 16 heavy (non-hydrogen) atoms. The summed E-state index contributed by atoms with van der Waals surface area (Å²) >= 11 is 0. The Bertz CT molecular complexity index is 265. The van der Waals surface area contributed by atoms with E-state index in [-0.39, 0.29) is 23.6 Å². The van der Waals surface area contributed by atoms with Gasteiger partial charge in [-0.15, -0.1) is 0 Å². The molecule has 0 radical (unpaired) electrons. The molecule has 6 heteroatoms. The lowest BCUT2D eigenvalue weighted by molar-refractivity contribution is -0.134. The van der Waals surface area contributed by atoms with E-state index in [0.29, 0.717) is 38.5 Å². The first-order valence-corrected chi connectivity index (χ1v) is 5.23. The van der Waals surface area contributed by atoms with E-state index in [1.807, 2.05) is 0 Å². The number of carbonyl (C=O) groups is 4. The van der Waals surface area contributed by atoms with E-state index >= 15 is 0 Å². The average Bonchev–Trinajstić information content (AvgIpc) is 2.17. The topological polar surface area (TPSA) is 92.3 Å². The number of nitrogens with one attached hydrogen (secondary N) is 2. The first kappa shape index (κ1) is 12.4. The molecule has 4 amide bonds. The van der Waals surface area contributed by atoms with Crippen molar-refractivity contribution in [1.82, 2.24) is 10.6 Å². The molecule has 2 N–H and O–H groups in total. The summed E-state index contributed by atoms with van der Waals surface area (Å²) in [5.41, 5.74) is 0. The molecule has 0 aromatic heterocycles. The van der Waals surface area contributed by atoms with Crippen molar-refractivity contribution >= 4 is 23.6 Å². The van der Waals surface area contributed by atoms with Crippen molar-refractivity contribution in [3.05, 3.63) is 0 Å². The van der Waals surface area contributed by atoms with Crippen molar-refractivity contribution in [2.24, 2.45) is 0 Å². The smallest absolute Gasteiger partial charge is 0.226 e. The summed E-state index contributed by atoms with van der Waals surface area (Å²) < 4.78 is 0. The van der Waals surface area contributed by atoms with Crippen molar-refractivity contribution in [3.8, 4) is 0 Å². The Labute approximate surface area is 92.8 Å². The van der Waals surface area contributed by atoms with E-state index in [4.69, 9.17) is 0 Å². The summed E-state index contributed by atoms with van der Waals surface area (Å²) in [4.78, 5) is 41.4. The Morgan fingerprint density at radius 3 is 0.938 bits per heavy atom. The zero-order valence-corrected chi connectivity index (χ0v) is 8.88. The minimum absolute atomic E-state index is 0.138. The van der Waals surface area contributed by atoms with Crippen LogP contribution in [-0.2, 0) is 19.2 Å². The molecule has 0 aromatic carbocycles. The summed E-state index contributed by atoms with van der Waals surface area (Å²) in [5, 5.41) is 4.40. The molecule has 0 aromatic rings. The second kappa shape index (κ2) is 5.99. The predicted molar refractivity (Wildman–Crippen MR) is 54.0 cm³/mol. The predicted octanol–water partition coefficient (Wildman–Crippen LogP) is -0.374. The van der Waals surface area contributed by atoms with Crippen molar-refractivity contribution in [2.75, 3.05) is 0 Å². The van der Waals surface area contributed by atoms with Gasteiger partial charge in [0.05, 0.1) is 0 Å². The highest BCUT2D eigenvalue weighted by Crippen LogP contribution is 2.00. The van der Waals surface area contributed by atoms with Gasteiger partial charge >= 0.3 is 0 Å². The van der Waals surface area contributed by atoms with E-state index in [9.17, 15) is 19.2 Å². The quantitative estimate of drug-likeness (QED) is 0.551. The van der Waals surface area contributed by atoms with Gasteiger partial charge < -0.3 is 0 Å². The lowest BCUT2D eigenvalue weighted by atomic mass is 10.1. The molecule has 2 rings (SSSR count). The molecule has 0 unspecified atom stereocenters. The molecule has 0 spiro atoms. The fraction of sp³-hybridized carbons (Fsp3) is 0.600. The van der Waals surface area contributed by atoms with Crippen LogP contribution in [0.5, 0.6) is 0 Å². The summed E-state index contributed by atoms with van der Waals surface area (Å²) in [6.07, 6.45) is 3.45. The molecule has 0 aliphatic carbocycles. The van der Waals surface area contributed by atoms with Gasteiger partial charge in [-0.05, 0) is 12.8 Å². The maximum atomic E-state index is 10.3. The maximum absolute atomic E-state index is 10.3. The molecule has 2 fully saturated rings. The number of amides is 4. The van der Waals surface area contributed by atoms with Gasteiger partial charge in [0.2, 0.25) is 23.6 Å². The van der Waals surface area contributed by atoms with Gasteiger partial charge in [0.1, 0.15) is 0 Å². The van der Waals surface area contributed by atoms with Gasteiger partial charge in [-0.25, -0.2) is 0 Å². The molecule has 0 bridgehead atoms. The van der Waals surface area contributed by atoms with E-state index in [2.05, 4.69) is 10.6 Å². The van der Waals surface area contributed by atoms with Gasteiger partial charge in [-0.3, -0.25) is 29.8 Å². The number of carbonyl (C=O) groups excluding carboxylic acids is 4. The van der Waals surface area contributed by atoms with Crippen molar-refractivity contribution < 1.29 is 19.2 Å². The molecule has 2 heterocycles. The van der Waals surface area contributed by atoms with E-state index in [1.165, 1.54) is 0 Å². The third-order valence-corrected chi connectivity index (χ3v) is 2.17. The number of piperidine rings is 2. The highest BCUT2D eigenvalue weighted by atomic mass is 16.2. The molecule has 6 nitrogen and oxygen atoms in total. The van der Waals surface area contributed by atoms with Crippen LogP contribution < -0.4 is 10.6 Å². The molecule has 0 saturated carbocycles. The van der Waals surface area contributed by atoms with Gasteiger partial charge in [0, 0.05) is 25.7 Å². The second-order valence-corrected chi connectivity index (χ2v) is 3.65. The fourth-order valence-electron chi connectivity index (χ4n) is 1.38. The standard InChI is InChI=1S/2C5H7NO2/c2*7-4-2-1-3-5(8)6-4/h2*1-3H2,(H,6,7,8). The monoisotopic (exact) mass is 226 g/mol. The fourth-order valence-corrected chi connectivity index (χ4v) is 1.38. The van der Waals surface area contributed by atoms with E-state index in [0.717, 1.165) is 0 Å². The summed E-state index contributed by atoms with van der Waals surface area (Å²) in [5.74, 6) is -0.551. The third-order valence-electron chi connectivity index (χ3n) is 2.17. The van der Waals surface area contributed by atoms with Crippen LogP contribution >= 0.6 is 0 Å². The largest absolute Gasteiger partial charge is 0.296 e. The number of hydrogen-bond acceptors (Lipinski definition) is 4. The highest BCUT2D eigenvalue weighted by Gasteiger charge is 2.13. The van der Waals surface area contributed by atoms with Gasteiger partial charge in [-0.1, -0.05) is 0 Å². The number of hydrogen-bond donors (Lipinski definition) is 2. The minimum Gasteiger partial charge on any atom is -0.296 e. The highest BCUT2D eigenvalue weighted by molar-refractivity contribution is 5.97. The number of rotatable bonds is 0. The summed E-state index contributed by atoms with van der Waals surface area (Å²) in [7, 11) is 0. The Kier molecular flexibility index (Phi) is 4.63. The summed E-state index contributed by atoms with van der Waals surface area (Å²) in [6, 6.07) is 0. The average molecular weight is 226 g/mol. The zero-order chi connectivity index (χ0) is 12.0. The molecule has 88 valence electrons. The van der Waals surface area contributed by atoms with E-state index in [1.54, 1.807) is 0 Å². The van der Waals surface area contributed by atoms with Crippen LogP contribution in [0.1, 0.15) is 38.5 Å². The first-order chi connectivity index (χ1) is 7.58. The van der Waals surface area contributed by atoms with Gasteiger partial charge in [0.25, 0.3) is 0 Å². The van der Waals surface area contributed by atoms with Crippen LogP contribution in [0, 0.1) is 0 Å². The van der Waals surface area contributed by atoms with E-state index < -0.39 is 0 Å². The SMILES string of the molecule is O=C1CCCC(=O)N1.O=C1CCCC(=O)N1. The van der Waals surface area contributed by atoms with Crippen LogP contribution in [0.2, 0.25) is 0 Å².